The third-order valence-corrected chi connectivity index (χ3v) is 8.72. The molecule has 0 amide bonds. The van der Waals surface area contributed by atoms with Gasteiger partial charge in [-0.25, -0.2) is 9.97 Å². The highest BCUT2D eigenvalue weighted by Gasteiger charge is 2.37. The number of oxime groups is 1. The number of rotatable bonds is 8. The molecule has 1 aliphatic rings. The second kappa shape index (κ2) is 12.2. The topological polar surface area (TPSA) is 76.8 Å². The van der Waals surface area contributed by atoms with E-state index in [1.54, 1.807) is 0 Å². The molecule has 1 N–H and O–H groups in total. The van der Waals surface area contributed by atoms with Crippen LogP contribution in [0.4, 0.5) is 0 Å². The lowest BCUT2D eigenvalue weighted by Gasteiger charge is -2.39. The van der Waals surface area contributed by atoms with Crippen LogP contribution in [0.5, 0.6) is 11.5 Å². The van der Waals surface area contributed by atoms with Crippen LogP contribution in [0.3, 0.4) is 0 Å². The summed E-state index contributed by atoms with van der Waals surface area (Å²) in [5.74, 6) is 1.61. The third kappa shape index (κ3) is 5.71. The summed E-state index contributed by atoms with van der Waals surface area (Å²) in [6, 6.07) is 41.2. The van der Waals surface area contributed by atoms with Gasteiger partial charge in [0.15, 0.2) is 0 Å². The van der Waals surface area contributed by atoms with Crippen LogP contribution in [0.15, 0.2) is 126 Å². The Morgan fingerprint density at radius 3 is 1.48 bits per heavy atom. The summed E-state index contributed by atoms with van der Waals surface area (Å²) in [4.78, 5) is 9.45. The van der Waals surface area contributed by atoms with Crippen molar-refractivity contribution in [2.45, 2.75) is 44.3 Å². The average Bonchev–Trinajstić information content (AvgIpc) is 3.10. The van der Waals surface area contributed by atoms with Crippen LogP contribution in [-0.2, 0) is 18.6 Å². The van der Waals surface area contributed by atoms with Gasteiger partial charge >= 0.3 is 0 Å². The van der Waals surface area contributed by atoms with Gasteiger partial charge in [-0.2, -0.15) is 0 Å². The lowest BCUT2D eigenvalue weighted by molar-refractivity contribution is 0.300. The Morgan fingerprint density at radius 1 is 0.568 bits per heavy atom. The maximum Gasteiger partial charge on any atom is 0.130 e. The lowest BCUT2D eigenvalue weighted by Crippen LogP contribution is -2.33. The smallest absolute Gasteiger partial charge is 0.130 e. The van der Waals surface area contributed by atoms with Crippen LogP contribution in [0, 0.1) is 0 Å². The molecule has 0 radical (unpaired) electrons. The van der Waals surface area contributed by atoms with Gasteiger partial charge in [0.25, 0.3) is 0 Å². The fourth-order valence-corrected chi connectivity index (χ4v) is 6.24. The second-order valence-electron chi connectivity index (χ2n) is 11.4. The van der Waals surface area contributed by atoms with E-state index in [9.17, 15) is 5.21 Å². The maximum atomic E-state index is 9.44. The largest absolute Gasteiger partial charge is 0.487 e. The first-order valence-electron chi connectivity index (χ1n) is 15.0. The van der Waals surface area contributed by atoms with Crippen molar-refractivity contribution in [1.29, 1.82) is 0 Å². The van der Waals surface area contributed by atoms with Crippen molar-refractivity contribution in [2.75, 3.05) is 0 Å². The van der Waals surface area contributed by atoms with E-state index in [2.05, 4.69) is 53.7 Å². The van der Waals surface area contributed by atoms with Gasteiger partial charge in [-0.1, -0.05) is 78.0 Å². The van der Waals surface area contributed by atoms with Gasteiger partial charge in [0.1, 0.15) is 24.7 Å². The van der Waals surface area contributed by atoms with E-state index in [-0.39, 0.29) is 5.41 Å². The Morgan fingerprint density at radius 2 is 1.02 bits per heavy atom. The first-order chi connectivity index (χ1) is 21.7. The summed E-state index contributed by atoms with van der Waals surface area (Å²) < 4.78 is 12.2. The van der Waals surface area contributed by atoms with Crippen LogP contribution in [-0.4, -0.2) is 20.9 Å². The Labute approximate surface area is 256 Å². The van der Waals surface area contributed by atoms with E-state index >= 15 is 0 Å². The van der Waals surface area contributed by atoms with Crippen molar-refractivity contribution in [1.82, 2.24) is 9.97 Å². The summed E-state index contributed by atoms with van der Waals surface area (Å²) >= 11 is 0. The minimum absolute atomic E-state index is 0.203. The molecule has 2 heterocycles. The SMILES string of the molecule is ON=C1CCC(c2ccc(OCc3ccc4ccccc4n3)cc2)(c2ccc(OCc3ccc4ccccc4n3)cc2)CC1. The molecule has 1 fully saturated rings. The van der Waals surface area contributed by atoms with Crippen LogP contribution in [0.1, 0.15) is 48.2 Å². The number of ether oxygens (including phenoxy) is 2. The minimum atomic E-state index is -0.203. The van der Waals surface area contributed by atoms with Gasteiger partial charge in [0.05, 0.1) is 28.1 Å². The molecule has 7 rings (SSSR count). The highest BCUT2D eigenvalue weighted by molar-refractivity contribution is 5.85. The Hall–Kier alpha value is -5.23. The zero-order valence-corrected chi connectivity index (χ0v) is 24.4. The van der Waals surface area contributed by atoms with Crippen LogP contribution in [0.25, 0.3) is 21.8 Å². The molecule has 1 aliphatic carbocycles. The number of pyridine rings is 2. The van der Waals surface area contributed by atoms with E-state index in [0.717, 1.165) is 76.1 Å². The molecule has 218 valence electrons. The molecule has 0 spiro atoms. The maximum absolute atomic E-state index is 9.44. The molecule has 6 nitrogen and oxygen atoms in total. The monoisotopic (exact) mass is 579 g/mol. The minimum Gasteiger partial charge on any atom is -0.487 e. The summed E-state index contributed by atoms with van der Waals surface area (Å²) in [6.07, 6.45) is 3.20. The van der Waals surface area contributed by atoms with Gasteiger partial charge in [-0.15, -0.1) is 0 Å². The van der Waals surface area contributed by atoms with E-state index in [1.807, 2.05) is 72.8 Å². The molecule has 0 saturated heterocycles. The Balaban J connectivity index is 1.07. The van der Waals surface area contributed by atoms with Crippen molar-refractivity contribution >= 4 is 27.5 Å². The predicted molar refractivity (Wildman–Crippen MR) is 174 cm³/mol. The fourth-order valence-electron chi connectivity index (χ4n) is 6.24. The lowest BCUT2D eigenvalue weighted by atomic mass is 9.65. The van der Waals surface area contributed by atoms with Gasteiger partial charge < -0.3 is 14.7 Å². The predicted octanol–water partition coefficient (Wildman–Crippen LogP) is 8.63. The number of aromatic nitrogens is 2. The second-order valence-corrected chi connectivity index (χ2v) is 11.4. The number of hydrogen-bond acceptors (Lipinski definition) is 6. The number of nitrogens with zero attached hydrogens (tertiary/aromatic N) is 3. The molecule has 0 atom stereocenters. The molecule has 0 bridgehead atoms. The van der Waals surface area contributed by atoms with Crippen LogP contribution in [0.2, 0.25) is 0 Å². The third-order valence-electron chi connectivity index (χ3n) is 8.72. The molecular weight excluding hydrogens is 546 g/mol. The van der Waals surface area contributed by atoms with Crippen molar-refractivity contribution in [3.63, 3.8) is 0 Å². The highest BCUT2D eigenvalue weighted by Crippen LogP contribution is 2.45. The van der Waals surface area contributed by atoms with Crippen molar-refractivity contribution in [3.05, 3.63) is 144 Å². The van der Waals surface area contributed by atoms with Crippen molar-refractivity contribution in [3.8, 4) is 11.5 Å². The standard InChI is InChI=1S/C38H33N3O3/c42-41-31-21-23-38(24-22-31,29-11-17-34(18-12-29)43-25-32-15-9-27-5-1-3-7-36(27)39-32)30-13-19-35(20-14-30)44-26-33-16-10-28-6-2-4-8-37(28)40-33/h1-20,42H,21-26H2. The van der Waals surface area contributed by atoms with Gasteiger partial charge in [0, 0.05) is 16.2 Å². The number of fused-ring (bicyclic) bond motifs is 2. The number of hydrogen-bond donors (Lipinski definition) is 1. The van der Waals surface area contributed by atoms with Crippen LogP contribution >= 0.6 is 0 Å². The highest BCUT2D eigenvalue weighted by atomic mass is 16.5. The molecule has 4 aromatic carbocycles. The van der Waals surface area contributed by atoms with Gasteiger partial charge in [-0.3, -0.25) is 0 Å². The van der Waals surface area contributed by atoms with E-state index in [0.29, 0.717) is 13.2 Å². The summed E-state index contributed by atoms with van der Waals surface area (Å²) in [5, 5.41) is 15.2. The molecule has 2 aromatic heterocycles. The molecule has 44 heavy (non-hydrogen) atoms. The summed E-state index contributed by atoms with van der Waals surface area (Å²) in [5.41, 5.74) is 6.82. The Kier molecular flexibility index (Phi) is 7.63. The van der Waals surface area contributed by atoms with Crippen molar-refractivity contribution in [2.24, 2.45) is 5.16 Å². The van der Waals surface area contributed by atoms with E-state index < -0.39 is 0 Å². The summed E-state index contributed by atoms with van der Waals surface area (Å²) in [7, 11) is 0. The normalized spacial score (nSPS) is 14.4. The molecule has 1 saturated carbocycles. The van der Waals surface area contributed by atoms with E-state index in [1.165, 1.54) is 11.1 Å². The van der Waals surface area contributed by atoms with E-state index in [4.69, 9.17) is 19.4 Å². The zero-order valence-electron chi connectivity index (χ0n) is 24.4. The zero-order chi connectivity index (χ0) is 29.8. The van der Waals surface area contributed by atoms with Gasteiger partial charge in [0.2, 0.25) is 0 Å². The molecule has 6 heteroatoms. The molecular formula is C38H33N3O3. The van der Waals surface area contributed by atoms with Gasteiger partial charge in [-0.05, 0) is 85.3 Å². The quantitative estimate of drug-likeness (QED) is 0.144. The first kappa shape index (κ1) is 27.6. The van der Waals surface area contributed by atoms with Crippen LogP contribution < -0.4 is 9.47 Å². The summed E-state index contributed by atoms with van der Waals surface area (Å²) in [6.45, 7) is 0.809. The molecule has 0 unspecified atom stereocenters. The average molecular weight is 580 g/mol. The fraction of sp³-hybridized carbons (Fsp3) is 0.184. The number of benzene rings is 4. The number of para-hydroxylation sites is 2. The Bertz CT molecular complexity index is 1800. The molecule has 6 aromatic rings. The first-order valence-corrected chi connectivity index (χ1v) is 15.0. The molecule has 0 aliphatic heterocycles. The van der Waals surface area contributed by atoms with Crippen molar-refractivity contribution < 1.29 is 14.7 Å².